The van der Waals surface area contributed by atoms with Crippen molar-refractivity contribution >= 4 is 0 Å². The lowest BCUT2D eigenvalue weighted by Gasteiger charge is -2.11. The van der Waals surface area contributed by atoms with E-state index in [2.05, 4.69) is 32.0 Å². The van der Waals surface area contributed by atoms with Crippen LogP contribution in [0.4, 0.5) is 0 Å². The van der Waals surface area contributed by atoms with Crippen molar-refractivity contribution in [1.82, 2.24) is 0 Å². The molecule has 0 saturated heterocycles. The Balaban J connectivity index is 1.43. The summed E-state index contributed by atoms with van der Waals surface area (Å²) in [5.74, 6) is 3.24. The largest absolute Gasteiger partial charge is 0.493 e. The van der Waals surface area contributed by atoms with Crippen LogP contribution in [0.2, 0.25) is 0 Å². The van der Waals surface area contributed by atoms with Gasteiger partial charge >= 0.3 is 0 Å². The van der Waals surface area contributed by atoms with Gasteiger partial charge in [0.15, 0.2) is 11.5 Å². The number of hydrogen-bond acceptors (Lipinski definition) is 4. The van der Waals surface area contributed by atoms with Gasteiger partial charge in [0.25, 0.3) is 0 Å². The van der Waals surface area contributed by atoms with Crippen LogP contribution in [-0.2, 0) is 0 Å². The molecule has 22 heavy (non-hydrogen) atoms. The Bertz CT molecular complexity index is 652. The lowest BCUT2D eigenvalue weighted by atomic mass is 10.1. The van der Waals surface area contributed by atoms with Crippen LogP contribution in [0.25, 0.3) is 0 Å². The molecule has 2 aromatic rings. The Hall–Kier alpha value is -2.36. The average molecular weight is 300 g/mol. The van der Waals surface area contributed by atoms with E-state index in [9.17, 15) is 0 Å². The lowest BCUT2D eigenvalue weighted by molar-refractivity contribution is 0.173. The molecule has 0 amide bonds. The number of rotatable bonds is 6. The summed E-state index contributed by atoms with van der Waals surface area (Å²) in [4.78, 5) is 0. The van der Waals surface area contributed by atoms with E-state index >= 15 is 0 Å². The van der Waals surface area contributed by atoms with Gasteiger partial charge in [-0.2, -0.15) is 0 Å². The van der Waals surface area contributed by atoms with Crippen LogP contribution in [0.5, 0.6) is 23.0 Å². The molecular formula is C18H20O4. The zero-order valence-electron chi connectivity index (χ0n) is 12.9. The molecule has 0 atom stereocenters. The Morgan fingerprint density at radius 3 is 2.64 bits per heavy atom. The van der Waals surface area contributed by atoms with Gasteiger partial charge in [-0.25, -0.2) is 0 Å². The van der Waals surface area contributed by atoms with E-state index in [4.69, 9.17) is 18.9 Å². The molecule has 0 spiro atoms. The summed E-state index contributed by atoms with van der Waals surface area (Å²) in [6.45, 7) is 5.63. The summed E-state index contributed by atoms with van der Waals surface area (Å²) in [5.41, 5.74) is 2.36. The number of fused-ring (bicyclic) bond motifs is 1. The van der Waals surface area contributed by atoms with Crippen molar-refractivity contribution in [3.63, 3.8) is 0 Å². The van der Waals surface area contributed by atoms with Gasteiger partial charge in [0, 0.05) is 12.5 Å². The highest BCUT2D eigenvalue weighted by Gasteiger charge is 2.13. The average Bonchev–Trinajstić information content (AvgIpc) is 2.98. The van der Waals surface area contributed by atoms with Crippen molar-refractivity contribution in [3.05, 3.63) is 47.5 Å². The first-order valence-corrected chi connectivity index (χ1v) is 7.45. The van der Waals surface area contributed by atoms with Gasteiger partial charge in [-0.1, -0.05) is 12.1 Å². The minimum atomic E-state index is 0.280. The van der Waals surface area contributed by atoms with Gasteiger partial charge in [-0.3, -0.25) is 0 Å². The molecule has 2 aromatic carbocycles. The number of hydrogen-bond donors (Lipinski definition) is 0. The zero-order valence-corrected chi connectivity index (χ0v) is 12.9. The third-order valence-corrected chi connectivity index (χ3v) is 3.50. The number of benzene rings is 2. The smallest absolute Gasteiger partial charge is 0.231 e. The Morgan fingerprint density at radius 1 is 0.909 bits per heavy atom. The molecule has 0 aromatic heterocycles. The van der Waals surface area contributed by atoms with Crippen molar-refractivity contribution in [1.29, 1.82) is 0 Å². The maximum Gasteiger partial charge on any atom is 0.231 e. The van der Waals surface area contributed by atoms with Gasteiger partial charge in [-0.15, -0.1) is 0 Å². The summed E-state index contributed by atoms with van der Waals surface area (Å²) in [6, 6.07) is 11.8. The van der Waals surface area contributed by atoms with Crippen LogP contribution in [0, 0.1) is 13.8 Å². The van der Waals surface area contributed by atoms with Crippen molar-refractivity contribution in [3.8, 4) is 23.0 Å². The van der Waals surface area contributed by atoms with E-state index in [1.54, 1.807) is 0 Å². The third-order valence-electron chi connectivity index (χ3n) is 3.50. The molecule has 0 fully saturated rings. The maximum atomic E-state index is 5.80. The highest BCUT2D eigenvalue weighted by atomic mass is 16.7. The molecular weight excluding hydrogens is 280 g/mol. The van der Waals surface area contributed by atoms with Crippen molar-refractivity contribution < 1.29 is 18.9 Å². The van der Waals surface area contributed by atoms with Gasteiger partial charge in [0.1, 0.15) is 11.5 Å². The molecule has 116 valence electrons. The second-order valence-corrected chi connectivity index (χ2v) is 5.33. The first-order valence-electron chi connectivity index (χ1n) is 7.45. The monoisotopic (exact) mass is 300 g/mol. The van der Waals surface area contributed by atoms with E-state index in [0.29, 0.717) is 13.2 Å². The molecule has 0 saturated carbocycles. The zero-order chi connectivity index (χ0) is 15.4. The first-order chi connectivity index (χ1) is 10.7. The van der Waals surface area contributed by atoms with Crippen molar-refractivity contribution in [2.75, 3.05) is 20.0 Å². The molecule has 3 rings (SSSR count). The predicted molar refractivity (Wildman–Crippen MR) is 84.1 cm³/mol. The van der Waals surface area contributed by atoms with E-state index in [1.807, 2.05) is 18.2 Å². The van der Waals surface area contributed by atoms with Crippen molar-refractivity contribution in [2.24, 2.45) is 0 Å². The number of ether oxygens (including phenoxy) is 4. The Labute approximate surface area is 130 Å². The molecule has 0 unspecified atom stereocenters. The molecule has 0 bridgehead atoms. The fourth-order valence-corrected chi connectivity index (χ4v) is 2.26. The van der Waals surface area contributed by atoms with E-state index in [1.165, 1.54) is 5.56 Å². The Kier molecular flexibility index (Phi) is 4.37. The Morgan fingerprint density at radius 2 is 1.73 bits per heavy atom. The molecule has 1 aliphatic rings. The second-order valence-electron chi connectivity index (χ2n) is 5.33. The second kappa shape index (κ2) is 6.60. The predicted octanol–water partition coefficient (Wildman–Crippen LogP) is 3.88. The summed E-state index contributed by atoms with van der Waals surface area (Å²) >= 11 is 0. The van der Waals surface area contributed by atoms with E-state index < -0.39 is 0 Å². The van der Waals surface area contributed by atoms with E-state index in [-0.39, 0.29) is 6.79 Å². The van der Waals surface area contributed by atoms with Crippen molar-refractivity contribution in [2.45, 2.75) is 20.3 Å². The number of aryl methyl sites for hydroxylation is 2. The highest BCUT2D eigenvalue weighted by Crippen LogP contribution is 2.35. The van der Waals surface area contributed by atoms with Crippen LogP contribution in [0.15, 0.2) is 36.4 Å². The van der Waals surface area contributed by atoms with Gasteiger partial charge < -0.3 is 18.9 Å². The minimum Gasteiger partial charge on any atom is -0.493 e. The molecule has 4 nitrogen and oxygen atoms in total. The SMILES string of the molecule is Cc1ccc(C)c(OCCCOc2ccc3c(c2)OCO3)c1. The van der Waals surface area contributed by atoms with Crippen LogP contribution in [0.1, 0.15) is 17.5 Å². The van der Waals surface area contributed by atoms with Crippen LogP contribution < -0.4 is 18.9 Å². The van der Waals surface area contributed by atoms with Crippen LogP contribution >= 0.6 is 0 Å². The highest BCUT2D eigenvalue weighted by molar-refractivity contribution is 5.46. The van der Waals surface area contributed by atoms with Crippen LogP contribution in [-0.4, -0.2) is 20.0 Å². The molecule has 0 N–H and O–H groups in total. The van der Waals surface area contributed by atoms with Crippen LogP contribution in [0.3, 0.4) is 0 Å². The van der Waals surface area contributed by atoms with Gasteiger partial charge in [-0.05, 0) is 43.2 Å². The third kappa shape index (κ3) is 3.45. The molecule has 1 heterocycles. The first kappa shape index (κ1) is 14.6. The fourth-order valence-electron chi connectivity index (χ4n) is 2.26. The standard InChI is InChI=1S/C18H20O4/c1-13-4-5-14(2)17(10-13)20-9-3-8-19-15-6-7-16-18(11-15)22-12-21-16/h4-7,10-11H,3,8-9,12H2,1-2H3. The van der Waals surface area contributed by atoms with E-state index in [0.717, 1.165) is 35.0 Å². The lowest BCUT2D eigenvalue weighted by Crippen LogP contribution is -2.05. The maximum absolute atomic E-state index is 5.80. The van der Waals surface area contributed by atoms with Gasteiger partial charge in [0.2, 0.25) is 6.79 Å². The normalized spacial score (nSPS) is 12.3. The topological polar surface area (TPSA) is 36.9 Å². The summed E-state index contributed by atoms with van der Waals surface area (Å²) < 4.78 is 22.1. The minimum absolute atomic E-state index is 0.280. The summed E-state index contributed by atoms with van der Waals surface area (Å²) in [6.07, 6.45) is 0.821. The van der Waals surface area contributed by atoms with Gasteiger partial charge in [0.05, 0.1) is 13.2 Å². The fraction of sp³-hybridized carbons (Fsp3) is 0.333. The molecule has 0 aliphatic carbocycles. The molecule has 0 radical (unpaired) electrons. The quantitative estimate of drug-likeness (QED) is 0.759. The summed E-state index contributed by atoms with van der Waals surface area (Å²) in [7, 11) is 0. The summed E-state index contributed by atoms with van der Waals surface area (Å²) in [5, 5.41) is 0. The molecule has 4 heteroatoms. The molecule has 1 aliphatic heterocycles.